The van der Waals surface area contributed by atoms with Crippen molar-refractivity contribution in [3.63, 3.8) is 0 Å². The summed E-state index contributed by atoms with van der Waals surface area (Å²) in [6.45, 7) is 1.90. The molecule has 0 aromatic heterocycles. The van der Waals surface area contributed by atoms with E-state index in [0.717, 1.165) is 19.5 Å². The zero-order valence-electron chi connectivity index (χ0n) is 7.45. The number of ether oxygens (including phenoxy) is 1. The zero-order chi connectivity index (χ0) is 8.55. The lowest BCUT2D eigenvalue weighted by Crippen LogP contribution is -2.37. The first-order valence-electron chi connectivity index (χ1n) is 4.63. The van der Waals surface area contributed by atoms with Gasteiger partial charge in [-0.1, -0.05) is 6.42 Å². The van der Waals surface area contributed by atoms with Crippen LogP contribution >= 0.6 is 0 Å². The molecule has 0 saturated carbocycles. The highest BCUT2D eigenvalue weighted by Crippen LogP contribution is 2.25. The summed E-state index contributed by atoms with van der Waals surface area (Å²) >= 11 is 0. The highest BCUT2D eigenvalue weighted by molar-refractivity contribution is 5.90. The molecule has 0 radical (unpaired) electrons. The molecule has 2 atom stereocenters. The smallest absolute Gasteiger partial charge is 0.179 e. The first-order valence-corrected chi connectivity index (χ1v) is 4.63. The molecule has 0 aliphatic carbocycles. The lowest BCUT2D eigenvalue weighted by molar-refractivity contribution is -0.127. The number of carbonyl (C=O) groups excluding carboxylic acids is 1. The number of hydrogen-bond acceptors (Lipinski definition) is 3. The highest BCUT2D eigenvalue weighted by atomic mass is 16.5. The van der Waals surface area contributed by atoms with Crippen molar-refractivity contribution < 1.29 is 9.53 Å². The molecule has 2 saturated heterocycles. The van der Waals surface area contributed by atoms with Gasteiger partial charge in [-0.15, -0.1) is 0 Å². The van der Waals surface area contributed by atoms with E-state index in [-0.39, 0.29) is 12.1 Å². The second-order valence-corrected chi connectivity index (χ2v) is 3.63. The van der Waals surface area contributed by atoms with Crippen molar-refractivity contribution in [1.29, 1.82) is 0 Å². The second-order valence-electron chi connectivity index (χ2n) is 3.63. The lowest BCUT2D eigenvalue weighted by Gasteiger charge is -2.27. The fourth-order valence-corrected chi connectivity index (χ4v) is 2.24. The van der Waals surface area contributed by atoms with Crippen molar-refractivity contribution in [2.75, 3.05) is 20.2 Å². The average Bonchev–Trinajstić information content (AvgIpc) is 2.44. The van der Waals surface area contributed by atoms with Crippen LogP contribution in [0.3, 0.4) is 0 Å². The van der Waals surface area contributed by atoms with Gasteiger partial charge in [0.2, 0.25) is 0 Å². The van der Waals surface area contributed by atoms with Crippen molar-refractivity contribution >= 4 is 5.78 Å². The summed E-state index contributed by atoms with van der Waals surface area (Å²) in [5.74, 6) is 0.303. The number of carbonyl (C=O) groups is 1. The van der Waals surface area contributed by atoms with E-state index in [9.17, 15) is 4.79 Å². The van der Waals surface area contributed by atoms with Gasteiger partial charge < -0.3 is 4.74 Å². The maximum atomic E-state index is 11.6. The van der Waals surface area contributed by atoms with E-state index in [1.165, 1.54) is 12.8 Å². The third-order valence-electron chi connectivity index (χ3n) is 2.94. The number of fused-ring (bicyclic) bond motifs is 1. The normalized spacial score (nSPS) is 36.9. The molecule has 0 aromatic rings. The van der Waals surface area contributed by atoms with Gasteiger partial charge >= 0.3 is 0 Å². The fraction of sp³-hybridized carbons (Fsp3) is 0.889. The molecule has 2 fully saturated rings. The third kappa shape index (κ3) is 1.17. The SMILES string of the molecule is CO[C@@H]1CN2CCCC[C@H]2C1=O. The maximum absolute atomic E-state index is 11.6. The summed E-state index contributed by atoms with van der Waals surface area (Å²) in [6.07, 6.45) is 3.33. The largest absolute Gasteiger partial charge is 0.372 e. The summed E-state index contributed by atoms with van der Waals surface area (Å²) in [5, 5.41) is 0. The van der Waals surface area contributed by atoms with Gasteiger partial charge in [0.25, 0.3) is 0 Å². The zero-order valence-corrected chi connectivity index (χ0v) is 7.45. The molecule has 2 rings (SSSR count). The predicted octanol–water partition coefficient (Wildman–Crippen LogP) is 0.439. The van der Waals surface area contributed by atoms with Crippen LogP contribution in [0, 0.1) is 0 Å². The minimum absolute atomic E-state index is 0.145. The Kier molecular flexibility index (Phi) is 2.15. The maximum Gasteiger partial charge on any atom is 0.179 e. The molecule has 2 aliphatic rings. The molecule has 2 heterocycles. The number of hydrogen-bond donors (Lipinski definition) is 0. The van der Waals surface area contributed by atoms with E-state index in [4.69, 9.17) is 4.74 Å². The second kappa shape index (κ2) is 3.15. The summed E-state index contributed by atoms with van der Waals surface area (Å²) in [7, 11) is 1.63. The van der Waals surface area contributed by atoms with E-state index in [1.54, 1.807) is 7.11 Å². The molecule has 3 heteroatoms. The van der Waals surface area contributed by atoms with Gasteiger partial charge in [-0.2, -0.15) is 0 Å². The molecule has 0 unspecified atom stereocenters. The number of Topliss-reactive ketones (excluding diaryl/α,β-unsaturated/α-hetero) is 1. The minimum Gasteiger partial charge on any atom is -0.372 e. The molecule has 12 heavy (non-hydrogen) atoms. The van der Waals surface area contributed by atoms with Gasteiger partial charge in [0.15, 0.2) is 5.78 Å². The van der Waals surface area contributed by atoms with Crippen LogP contribution in [0.15, 0.2) is 0 Å². The molecule has 0 spiro atoms. The van der Waals surface area contributed by atoms with Gasteiger partial charge in [-0.3, -0.25) is 9.69 Å². The summed E-state index contributed by atoms with van der Waals surface area (Å²) in [5.41, 5.74) is 0. The molecule has 0 bridgehead atoms. The third-order valence-corrected chi connectivity index (χ3v) is 2.94. The molecule has 2 aliphatic heterocycles. The molecular weight excluding hydrogens is 154 g/mol. The average molecular weight is 169 g/mol. The molecule has 0 amide bonds. The van der Waals surface area contributed by atoms with Gasteiger partial charge in [0.05, 0.1) is 6.04 Å². The van der Waals surface area contributed by atoms with Crippen molar-refractivity contribution in [3.8, 4) is 0 Å². The van der Waals surface area contributed by atoms with Crippen LogP contribution in [-0.4, -0.2) is 43.0 Å². The Bertz CT molecular complexity index is 193. The fourth-order valence-electron chi connectivity index (χ4n) is 2.24. The van der Waals surface area contributed by atoms with Crippen molar-refractivity contribution in [3.05, 3.63) is 0 Å². The number of piperidine rings is 1. The topological polar surface area (TPSA) is 29.5 Å². The van der Waals surface area contributed by atoms with E-state index in [2.05, 4.69) is 4.90 Å². The van der Waals surface area contributed by atoms with Gasteiger partial charge in [-0.05, 0) is 19.4 Å². The predicted molar refractivity (Wildman–Crippen MR) is 45.0 cm³/mol. The molecule has 3 nitrogen and oxygen atoms in total. The van der Waals surface area contributed by atoms with Gasteiger partial charge in [0, 0.05) is 13.7 Å². The van der Waals surface area contributed by atoms with Gasteiger partial charge in [-0.25, -0.2) is 0 Å². The van der Waals surface area contributed by atoms with E-state index >= 15 is 0 Å². The van der Waals surface area contributed by atoms with Crippen LogP contribution in [0.2, 0.25) is 0 Å². The van der Waals surface area contributed by atoms with E-state index in [0.29, 0.717) is 5.78 Å². The van der Waals surface area contributed by atoms with Crippen LogP contribution in [0.5, 0.6) is 0 Å². The Morgan fingerprint density at radius 1 is 1.50 bits per heavy atom. The van der Waals surface area contributed by atoms with Crippen molar-refractivity contribution in [2.45, 2.75) is 31.4 Å². The quantitative estimate of drug-likeness (QED) is 0.570. The van der Waals surface area contributed by atoms with Crippen molar-refractivity contribution in [2.24, 2.45) is 0 Å². The lowest BCUT2D eigenvalue weighted by atomic mass is 10.0. The van der Waals surface area contributed by atoms with Crippen LogP contribution < -0.4 is 0 Å². The number of rotatable bonds is 1. The Morgan fingerprint density at radius 2 is 2.33 bits per heavy atom. The van der Waals surface area contributed by atoms with Crippen molar-refractivity contribution in [1.82, 2.24) is 4.90 Å². The van der Waals surface area contributed by atoms with Crippen LogP contribution in [0.1, 0.15) is 19.3 Å². The monoisotopic (exact) mass is 169 g/mol. The Hall–Kier alpha value is -0.410. The Balaban J connectivity index is 2.08. The first-order chi connectivity index (χ1) is 5.83. The van der Waals surface area contributed by atoms with Crippen LogP contribution in [0.25, 0.3) is 0 Å². The summed E-state index contributed by atoms with van der Waals surface area (Å²) in [6, 6.07) is 0.184. The van der Waals surface area contributed by atoms with Crippen LogP contribution in [-0.2, 0) is 9.53 Å². The molecule has 0 N–H and O–H groups in total. The summed E-state index contributed by atoms with van der Waals surface area (Å²) in [4.78, 5) is 13.9. The van der Waals surface area contributed by atoms with E-state index < -0.39 is 0 Å². The number of ketones is 1. The van der Waals surface area contributed by atoms with E-state index in [1.807, 2.05) is 0 Å². The Morgan fingerprint density at radius 3 is 3.00 bits per heavy atom. The molecule has 68 valence electrons. The van der Waals surface area contributed by atoms with Gasteiger partial charge in [0.1, 0.15) is 6.10 Å². The minimum atomic E-state index is -0.145. The van der Waals surface area contributed by atoms with Crippen LogP contribution in [0.4, 0.5) is 0 Å². The highest BCUT2D eigenvalue weighted by Gasteiger charge is 2.41. The molecule has 0 aromatic carbocycles. The standard InChI is InChI=1S/C9H15NO2/c1-12-8-6-10-5-3-2-4-7(10)9(8)11/h7-8H,2-6H2,1H3/t7-,8+/m0/s1. The first kappa shape index (κ1) is 8.20. The molecular formula is C9H15NO2. The summed E-state index contributed by atoms with van der Waals surface area (Å²) < 4.78 is 5.12. The number of methoxy groups -OCH3 is 1. The Labute approximate surface area is 72.7 Å². The number of nitrogens with zero attached hydrogens (tertiary/aromatic N) is 1.